The number of non-ortho nitro benzene ring substituents is 1. The minimum atomic E-state index is -3.66. The van der Waals surface area contributed by atoms with E-state index in [4.69, 9.17) is 13.8 Å². The van der Waals surface area contributed by atoms with Crippen LogP contribution in [0.4, 0.5) is 5.69 Å². The number of nitro benzene ring substituents is 1. The summed E-state index contributed by atoms with van der Waals surface area (Å²) in [4.78, 5) is 43.0. The Balaban J connectivity index is 1.70. The molecule has 212 valence electrons. The van der Waals surface area contributed by atoms with E-state index in [1.54, 1.807) is 19.9 Å². The molecule has 0 atom stereocenters. The molecular formula is C29H35N3O7P+. The summed E-state index contributed by atoms with van der Waals surface area (Å²) < 4.78 is 17.6. The van der Waals surface area contributed by atoms with Crippen LogP contribution in [0.2, 0.25) is 0 Å². The normalized spacial score (nSPS) is 19.0. The van der Waals surface area contributed by atoms with E-state index in [9.17, 15) is 19.8 Å². The third-order valence-electron chi connectivity index (χ3n) is 6.91. The lowest BCUT2D eigenvalue weighted by molar-refractivity contribution is -0.384. The van der Waals surface area contributed by atoms with Crippen LogP contribution < -0.4 is 5.30 Å². The summed E-state index contributed by atoms with van der Waals surface area (Å²) in [6.07, 6.45) is 0.819. The molecular weight excluding hydrogens is 533 g/mol. The molecule has 1 fully saturated rings. The fraction of sp³-hybridized carbons (Fsp3) is 0.379. The first-order valence-electron chi connectivity index (χ1n) is 13.2. The number of nitro groups is 1. The van der Waals surface area contributed by atoms with E-state index in [2.05, 4.69) is 4.98 Å². The van der Waals surface area contributed by atoms with E-state index in [0.29, 0.717) is 30.0 Å². The number of pyridine rings is 1. The third kappa shape index (κ3) is 6.71. The summed E-state index contributed by atoms with van der Waals surface area (Å²) in [6.45, 7) is 7.26. The van der Waals surface area contributed by atoms with Crippen LogP contribution in [-0.4, -0.2) is 59.1 Å². The molecule has 2 aromatic carbocycles. The SMILES string of the molecule is CCC1CO[P+](O)(c2c(C)nc(C)c(C(=O)OCCN(C)Cc3ccccc3)c2-c2cccc([N+](=O)[O-])c2)OC1. The van der Waals surface area contributed by atoms with Crippen LogP contribution in [0, 0.1) is 29.9 Å². The lowest BCUT2D eigenvalue weighted by Crippen LogP contribution is -2.32. The number of carbonyl (C=O) groups is 1. The van der Waals surface area contributed by atoms with Gasteiger partial charge in [0.2, 0.25) is 5.30 Å². The van der Waals surface area contributed by atoms with Crippen molar-refractivity contribution in [2.24, 2.45) is 5.92 Å². The van der Waals surface area contributed by atoms with Crippen molar-refractivity contribution in [3.05, 3.63) is 87.2 Å². The highest BCUT2D eigenvalue weighted by Crippen LogP contribution is 2.61. The largest absolute Gasteiger partial charge is 0.461 e. The molecule has 0 amide bonds. The van der Waals surface area contributed by atoms with Crippen molar-refractivity contribution in [2.75, 3.05) is 33.4 Å². The number of benzene rings is 2. The van der Waals surface area contributed by atoms with Gasteiger partial charge in [-0.3, -0.25) is 20.0 Å². The highest BCUT2D eigenvalue weighted by Gasteiger charge is 2.53. The fourth-order valence-electron chi connectivity index (χ4n) is 4.70. The van der Waals surface area contributed by atoms with Crippen molar-refractivity contribution in [1.29, 1.82) is 0 Å². The molecule has 1 N–H and O–H groups in total. The molecule has 0 aliphatic carbocycles. The second-order valence-corrected chi connectivity index (χ2v) is 11.9. The molecule has 1 aliphatic rings. The Hall–Kier alpha value is -3.27. The number of aromatic nitrogens is 1. The zero-order chi connectivity index (χ0) is 28.9. The van der Waals surface area contributed by atoms with Gasteiger partial charge < -0.3 is 4.74 Å². The second-order valence-electron chi connectivity index (χ2n) is 9.93. The number of hydrogen-bond acceptors (Lipinski definition) is 9. The van der Waals surface area contributed by atoms with Crippen molar-refractivity contribution >= 4 is 24.9 Å². The number of esters is 1. The standard InChI is InChI=1S/C29H35N3O7P/c1-5-22-18-38-40(36,39-19-22)28-21(3)30-20(2)26(27(28)24-12-9-13-25(16-24)32(34)35)29(33)37-15-14-31(4)17-23-10-7-6-8-11-23/h6-13,16,22,36H,5,14-15,17-19H2,1-4H3/q+1. The third-order valence-corrected chi connectivity index (χ3v) is 9.02. The molecule has 0 radical (unpaired) electrons. The highest BCUT2D eigenvalue weighted by molar-refractivity contribution is 7.69. The Morgan fingerprint density at radius 2 is 1.85 bits per heavy atom. The van der Waals surface area contributed by atoms with Gasteiger partial charge in [0.1, 0.15) is 19.8 Å². The molecule has 0 spiro atoms. The van der Waals surface area contributed by atoms with Crippen LogP contribution in [0.15, 0.2) is 54.6 Å². The predicted molar refractivity (Wildman–Crippen MR) is 153 cm³/mol. The molecule has 0 bridgehead atoms. The quantitative estimate of drug-likeness (QED) is 0.155. The maximum Gasteiger partial charge on any atom is 0.448 e. The maximum absolute atomic E-state index is 13.6. The second kappa shape index (κ2) is 12.9. The molecule has 4 rings (SSSR count). The molecule has 10 nitrogen and oxygen atoms in total. The van der Waals surface area contributed by atoms with Gasteiger partial charge in [-0.2, -0.15) is 13.9 Å². The zero-order valence-electron chi connectivity index (χ0n) is 23.2. The summed E-state index contributed by atoms with van der Waals surface area (Å²) in [7, 11) is -1.72. The van der Waals surface area contributed by atoms with Crippen LogP contribution in [0.5, 0.6) is 0 Å². The van der Waals surface area contributed by atoms with Gasteiger partial charge in [-0.1, -0.05) is 49.4 Å². The Morgan fingerprint density at radius 1 is 1.15 bits per heavy atom. The van der Waals surface area contributed by atoms with Gasteiger partial charge in [-0.25, -0.2) is 4.79 Å². The van der Waals surface area contributed by atoms with Crippen LogP contribution in [0.1, 0.15) is 40.7 Å². The number of aryl methyl sites for hydroxylation is 2. The lowest BCUT2D eigenvalue weighted by atomic mass is 9.97. The summed E-state index contributed by atoms with van der Waals surface area (Å²) in [6, 6.07) is 15.9. The molecule has 40 heavy (non-hydrogen) atoms. The zero-order valence-corrected chi connectivity index (χ0v) is 24.1. The summed E-state index contributed by atoms with van der Waals surface area (Å²) >= 11 is 0. The van der Waals surface area contributed by atoms with E-state index in [-0.39, 0.29) is 47.9 Å². The van der Waals surface area contributed by atoms with Gasteiger partial charge in [-0.05, 0) is 38.4 Å². The highest BCUT2D eigenvalue weighted by atomic mass is 31.2. The smallest absolute Gasteiger partial charge is 0.448 e. The van der Waals surface area contributed by atoms with Gasteiger partial charge >= 0.3 is 13.9 Å². The topological polar surface area (TPSA) is 124 Å². The van der Waals surface area contributed by atoms with Crippen molar-refractivity contribution in [3.8, 4) is 11.1 Å². The molecule has 11 heteroatoms. The van der Waals surface area contributed by atoms with Crippen molar-refractivity contribution in [2.45, 2.75) is 33.7 Å². The van der Waals surface area contributed by atoms with Crippen LogP contribution in [-0.2, 0) is 20.3 Å². The van der Waals surface area contributed by atoms with Crippen LogP contribution >= 0.6 is 7.94 Å². The molecule has 1 saturated heterocycles. The van der Waals surface area contributed by atoms with E-state index >= 15 is 0 Å². The number of carbonyl (C=O) groups excluding carboxylic acids is 1. The number of hydrogen-bond donors (Lipinski definition) is 1. The molecule has 0 unspecified atom stereocenters. The van der Waals surface area contributed by atoms with Crippen LogP contribution in [0.25, 0.3) is 11.1 Å². The number of rotatable bonds is 10. The van der Waals surface area contributed by atoms with Crippen molar-refractivity contribution in [3.63, 3.8) is 0 Å². The lowest BCUT2D eigenvalue weighted by Gasteiger charge is -2.28. The van der Waals surface area contributed by atoms with Crippen molar-refractivity contribution in [1.82, 2.24) is 9.88 Å². The minimum Gasteiger partial charge on any atom is -0.461 e. The van der Waals surface area contributed by atoms with E-state index in [0.717, 1.165) is 12.0 Å². The summed E-state index contributed by atoms with van der Waals surface area (Å²) in [5.41, 5.74) is 2.54. The van der Waals surface area contributed by atoms with Gasteiger partial charge in [0.25, 0.3) is 5.69 Å². The van der Waals surface area contributed by atoms with Gasteiger partial charge in [0.05, 0.1) is 27.4 Å². The number of ether oxygens (including phenoxy) is 1. The molecule has 3 aromatic rings. The molecule has 1 aromatic heterocycles. The minimum absolute atomic E-state index is 0.115. The van der Waals surface area contributed by atoms with E-state index in [1.807, 2.05) is 49.2 Å². The summed E-state index contributed by atoms with van der Waals surface area (Å²) in [5.74, 6) is -0.520. The van der Waals surface area contributed by atoms with Crippen molar-refractivity contribution < 1.29 is 28.4 Å². The Labute approximate surface area is 234 Å². The molecule has 1 aliphatic heterocycles. The number of nitrogens with zero attached hydrogens (tertiary/aromatic N) is 3. The Bertz CT molecular complexity index is 1360. The van der Waals surface area contributed by atoms with E-state index in [1.165, 1.54) is 18.2 Å². The monoisotopic (exact) mass is 568 g/mol. The Kier molecular flexibility index (Phi) is 9.60. The summed E-state index contributed by atoms with van der Waals surface area (Å²) in [5, 5.41) is 11.8. The molecule has 2 heterocycles. The molecule has 0 saturated carbocycles. The van der Waals surface area contributed by atoms with Crippen LogP contribution in [0.3, 0.4) is 0 Å². The Morgan fingerprint density at radius 3 is 2.50 bits per heavy atom. The average Bonchev–Trinajstić information content (AvgIpc) is 2.93. The van der Waals surface area contributed by atoms with E-state index < -0.39 is 18.8 Å². The fourth-order valence-corrected chi connectivity index (χ4v) is 6.84. The first-order valence-corrected chi connectivity index (χ1v) is 14.8. The first-order chi connectivity index (χ1) is 19.1. The van der Waals surface area contributed by atoms with Gasteiger partial charge in [0.15, 0.2) is 0 Å². The average molecular weight is 569 g/mol. The van der Waals surface area contributed by atoms with Gasteiger partial charge in [-0.15, -0.1) is 0 Å². The maximum atomic E-state index is 13.6. The first kappa shape index (κ1) is 29.7. The number of likely N-dealkylation sites (N-methyl/N-ethyl adjacent to an activating group) is 1. The van der Waals surface area contributed by atoms with Gasteiger partial charge in [0, 0.05) is 31.1 Å². The predicted octanol–water partition coefficient (Wildman–Crippen LogP) is 5.02.